The van der Waals surface area contributed by atoms with E-state index >= 15 is 0 Å². The van der Waals surface area contributed by atoms with Crippen LogP contribution in [-0.4, -0.2) is 52.4 Å². The van der Waals surface area contributed by atoms with Crippen LogP contribution < -0.4 is 0 Å². The maximum Gasteiger partial charge on any atom is 0.302 e. The van der Waals surface area contributed by atoms with Gasteiger partial charge in [0.2, 0.25) is 0 Å². The second-order valence-electron chi connectivity index (χ2n) is 11.3. The zero-order valence-corrected chi connectivity index (χ0v) is 21.0. The summed E-state index contributed by atoms with van der Waals surface area (Å²) < 4.78 is 47.7. The normalized spacial score (nSPS) is 43.8. The molecule has 3 aliphatic carbocycles. The smallest absolute Gasteiger partial charge is 0.302 e. The van der Waals surface area contributed by atoms with Gasteiger partial charge in [-0.05, 0) is 62.2 Å². The maximum atomic E-state index is 12.0. The SMILES string of the molecule is CC(=O)O[C@H]1C[C@@H](C)CC[C@]1(C)C1CC[C@@]2(C)C(CCC23OCCO3)[C@@H]1COS(C)(=O)=O. The summed E-state index contributed by atoms with van der Waals surface area (Å²) in [6.07, 6.45) is 7.49. The van der Waals surface area contributed by atoms with Gasteiger partial charge in [0.1, 0.15) is 6.10 Å². The molecule has 1 saturated heterocycles. The van der Waals surface area contributed by atoms with E-state index in [2.05, 4.69) is 20.8 Å². The molecule has 0 aromatic heterocycles. The third-order valence-electron chi connectivity index (χ3n) is 9.39. The number of hydrogen-bond acceptors (Lipinski definition) is 7. The Hall–Kier alpha value is -0.700. The molecule has 0 bridgehead atoms. The molecule has 3 saturated carbocycles. The first-order chi connectivity index (χ1) is 14.9. The Kier molecular flexibility index (Phi) is 6.49. The zero-order valence-electron chi connectivity index (χ0n) is 20.2. The lowest BCUT2D eigenvalue weighted by Gasteiger charge is -2.57. The van der Waals surface area contributed by atoms with Gasteiger partial charge in [0.05, 0.1) is 26.1 Å². The minimum absolute atomic E-state index is 0.0344. The summed E-state index contributed by atoms with van der Waals surface area (Å²) in [5, 5.41) is 0. The molecule has 0 radical (unpaired) electrons. The van der Waals surface area contributed by atoms with Crippen molar-refractivity contribution >= 4 is 16.1 Å². The van der Waals surface area contributed by atoms with Crippen LogP contribution in [0.5, 0.6) is 0 Å². The third-order valence-corrected chi connectivity index (χ3v) is 9.96. The molecule has 8 heteroatoms. The number of hydrogen-bond donors (Lipinski definition) is 0. The molecular formula is C24H40O7S. The Balaban J connectivity index is 1.68. The molecule has 1 heterocycles. The number of carbonyl (C=O) groups excluding carboxylic acids is 1. The molecule has 2 unspecified atom stereocenters. The Morgan fingerprint density at radius 3 is 2.31 bits per heavy atom. The first kappa shape index (κ1) is 24.4. The van der Waals surface area contributed by atoms with Crippen molar-refractivity contribution < 1.29 is 31.6 Å². The van der Waals surface area contributed by atoms with E-state index in [0.29, 0.717) is 19.1 Å². The van der Waals surface area contributed by atoms with Crippen LogP contribution in [-0.2, 0) is 33.3 Å². The van der Waals surface area contributed by atoms with Gasteiger partial charge in [-0.15, -0.1) is 0 Å². The van der Waals surface area contributed by atoms with Gasteiger partial charge in [-0.2, -0.15) is 8.42 Å². The van der Waals surface area contributed by atoms with Crippen molar-refractivity contribution in [3.63, 3.8) is 0 Å². The molecule has 7 atom stereocenters. The molecule has 7 nitrogen and oxygen atoms in total. The van der Waals surface area contributed by atoms with Gasteiger partial charge in [-0.25, -0.2) is 0 Å². The van der Waals surface area contributed by atoms with E-state index < -0.39 is 15.9 Å². The molecule has 4 aliphatic rings. The summed E-state index contributed by atoms with van der Waals surface area (Å²) in [6, 6.07) is 0. The molecular weight excluding hydrogens is 432 g/mol. The average Bonchev–Trinajstić information content (AvgIpc) is 3.28. The molecule has 0 N–H and O–H groups in total. The molecule has 4 fully saturated rings. The van der Waals surface area contributed by atoms with Crippen molar-refractivity contribution in [2.75, 3.05) is 26.1 Å². The van der Waals surface area contributed by atoms with E-state index in [1.165, 1.54) is 6.92 Å². The number of carbonyl (C=O) groups is 1. The van der Waals surface area contributed by atoms with Gasteiger partial charge in [0.15, 0.2) is 5.79 Å². The van der Waals surface area contributed by atoms with Crippen LogP contribution in [0.4, 0.5) is 0 Å². The Bertz CT molecular complexity index is 820. The van der Waals surface area contributed by atoms with Crippen molar-refractivity contribution in [1.29, 1.82) is 0 Å². The average molecular weight is 473 g/mol. The van der Waals surface area contributed by atoms with E-state index in [1.54, 1.807) is 0 Å². The largest absolute Gasteiger partial charge is 0.462 e. The lowest BCUT2D eigenvalue weighted by molar-refractivity contribution is -0.246. The predicted octanol–water partition coefficient (Wildman–Crippen LogP) is 3.91. The number of ether oxygens (including phenoxy) is 3. The van der Waals surface area contributed by atoms with Gasteiger partial charge < -0.3 is 14.2 Å². The number of esters is 1. The van der Waals surface area contributed by atoms with Gasteiger partial charge in [0.25, 0.3) is 10.1 Å². The minimum atomic E-state index is -3.56. The summed E-state index contributed by atoms with van der Waals surface area (Å²) in [6.45, 7) is 9.60. The monoisotopic (exact) mass is 472 g/mol. The van der Waals surface area contributed by atoms with E-state index in [9.17, 15) is 13.2 Å². The Labute approximate surface area is 193 Å². The first-order valence-corrected chi connectivity index (χ1v) is 14.0. The molecule has 0 aromatic carbocycles. The summed E-state index contributed by atoms with van der Waals surface area (Å²) in [7, 11) is -3.56. The van der Waals surface area contributed by atoms with Crippen LogP contribution in [0, 0.1) is 34.5 Å². The Morgan fingerprint density at radius 1 is 1.03 bits per heavy atom. The molecule has 0 amide bonds. The molecule has 32 heavy (non-hydrogen) atoms. The van der Waals surface area contributed by atoms with Gasteiger partial charge in [-0.3, -0.25) is 8.98 Å². The fourth-order valence-electron chi connectivity index (χ4n) is 7.70. The highest BCUT2D eigenvalue weighted by atomic mass is 32.2. The summed E-state index contributed by atoms with van der Waals surface area (Å²) >= 11 is 0. The second kappa shape index (κ2) is 8.51. The highest BCUT2D eigenvalue weighted by molar-refractivity contribution is 7.85. The number of rotatable bonds is 5. The van der Waals surface area contributed by atoms with Crippen molar-refractivity contribution in [1.82, 2.24) is 0 Å². The van der Waals surface area contributed by atoms with Gasteiger partial charge >= 0.3 is 5.97 Å². The van der Waals surface area contributed by atoms with Crippen LogP contribution in [0.1, 0.15) is 72.6 Å². The molecule has 184 valence electrons. The van der Waals surface area contributed by atoms with Gasteiger partial charge in [-0.1, -0.05) is 20.8 Å². The highest BCUT2D eigenvalue weighted by Crippen LogP contribution is 2.66. The zero-order chi connectivity index (χ0) is 23.4. The van der Waals surface area contributed by atoms with Crippen LogP contribution in [0.15, 0.2) is 0 Å². The quantitative estimate of drug-likeness (QED) is 0.443. The second-order valence-corrected chi connectivity index (χ2v) is 12.9. The predicted molar refractivity (Wildman–Crippen MR) is 119 cm³/mol. The first-order valence-electron chi connectivity index (χ1n) is 12.2. The van der Waals surface area contributed by atoms with E-state index in [-0.39, 0.29) is 47.3 Å². The van der Waals surface area contributed by atoms with Crippen LogP contribution in [0.25, 0.3) is 0 Å². The molecule has 1 spiro atoms. The standard InChI is InChI=1S/C24H40O7S/c1-16-6-9-22(3,21(14-16)31-17(2)25)19-7-10-23(4)20(18(19)15-30-32(5,26)27)8-11-24(23)28-12-13-29-24/h16,18-21H,6-15H2,1-5H3/t16-,18+,19?,20?,21-,22+,23-/m0/s1. The third kappa shape index (κ3) is 4.14. The summed E-state index contributed by atoms with van der Waals surface area (Å²) in [5.74, 6) is 0.163. The summed E-state index contributed by atoms with van der Waals surface area (Å²) in [4.78, 5) is 12.0. The van der Waals surface area contributed by atoms with Gasteiger partial charge in [0, 0.05) is 24.2 Å². The van der Waals surface area contributed by atoms with Crippen LogP contribution in [0.2, 0.25) is 0 Å². The van der Waals surface area contributed by atoms with Crippen LogP contribution >= 0.6 is 0 Å². The van der Waals surface area contributed by atoms with Crippen molar-refractivity contribution in [3.05, 3.63) is 0 Å². The number of fused-ring (bicyclic) bond motifs is 2. The molecule has 4 rings (SSSR count). The maximum absolute atomic E-state index is 12.0. The van der Waals surface area contributed by atoms with E-state index in [0.717, 1.165) is 51.2 Å². The lowest BCUT2D eigenvalue weighted by Crippen LogP contribution is -2.57. The van der Waals surface area contributed by atoms with Crippen LogP contribution in [0.3, 0.4) is 0 Å². The molecule has 0 aromatic rings. The van der Waals surface area contributed by atoms with E-state index in [1.807, 2.05) is 0 Å². The Morgan fingerprint density at radius 2 is 1.69 bits per heavy atom. The van der Waals surface area contributed by atoms with Crippen molar-refractivity contribution in [2.24, 2.45) is 34.5 Å². The highest BCUT2D eigenvalue weighted by Gasteiger charge is 2.66. The fraction of sp³-hybridized carbons (Fsp3) is 0.958. The molecule has 1 aliphatic heterocycles. The topological polar surface area (TPSA) is 88.1 Å². The van der Waals surface area contributed by atoms with Crippen molar-refractivity contribution in [3.8, 4) is 0 Å². The summed E-state index contributed by atoms with van der Waals surface area (Å²) in [5.41, 5.74) is -0.390. The van der Waals surface area contributed by atoms with Crippen molar-refractivity contribution in [2.45, 2.75) is 84.5 Å². The minimum Gasteiger partial charge on any atom is -0.462 e. The fourth-order valence-corrected chi connectivity index (χ4v) is 8.11. The lowest BCUT2D eigenvalue weighted by atomic mass is 9.50. The van der Waals surface area contributed by atoms with E-state index in [4.69, 9.17) is 18.4 Å².